The summed E-state index contributed by atoms with van der Waals surface area (Å²) in [6, 6.07) is 10.2. The van der Waals surface area contributed by atoms with Crippen LogP contribution in [0, 0.1) is 5.92 Å². The minimum atomic E-state index is -4.40. The van der Waals surface area contributed by atoms with Crippen LogP contribution in [0.3, 0.4) is 0 Å². The summed E-state index contributed by atoms with van der Waals surface area (Å²) in [6.45, 7) is 3.10. The highest BCUT2D eigenvalue weighted by atomic mass is 19.4. The lowest BCUT2D eigenvalue weighted by Gasteiger charge is -2.32. The van der Waals surface area contributed by atoms with Gasteiger partial charge in [-0.25, -0.2) is 9.97 Å². The van der Waals surface area contributed by atoms with Crippen LogP contribution in [0.4, 0.5) is 19.0 Å². The Hall–Kier alpha value is -3.36. The molecule has 1 aliphatic rings. The second-order valence-electron chi connectivity index (χ2n) is 7.96. The molecule has 1 aliphatic heterocycles. The van der Waals surface area contributed by atoms with Crippen molar-refractivity contribution < 1.29 is 18.0 Å². The number of carbonyl (C=O) groups is 1. The van der Waals surface area contributed by atoms with E-state index in [1.807, 2.05) is 46.9 Å². The van der Waals surface area contributed by atoms with Crippen LogP contribution < -0.4 is 10.2 Å². The fourth-order valence-electron chi connectivity index (χ4n) is 3.87. The molecule has 0 spiro atoms. The number of nitrogens with one attached hydrogen (secondary N) is 1. The summed E-state index contributed by atoms with van der Waals surface area (Å²) in [6.07, 6.45) is 3.03. The lowest BCUT2D eigenvalue weighted by Crippen LogP contribution is -2.41. The average molecular weight is 443 g/mol. The fraction of sp³-hybridized carbons (Fsp3) is 0.348. The van der Waals surface area contributed by atoms with Crippen LogP contribution in [0.5, 0.6) is 0 Å². The zero-order chi connectivity index (χ0) is 22.7. The number of piperidine rings is 1. The number of pyridine rings is 1. The maximum absolute atomic E-state index is 12.8. The van der Waals surface area contributed by atoms with Gasteiger partial charge in [0.2, 0.25) is 5.91 Å². The van der Waals surface area contributed by atoms with E-state index >= 15 is 0 Å². The van der Waals surface area contributed by atoms with E-state index in [0.29, 0.717) is 31.7 Å². The van der Waals surface area contributed by atoms with E-state index in [1.165, 1.54) is 6.07 Å². The predicted octanol–water partition coefficient (Wildman–Crippen LogP) is 4.38. The lowest BCUT2D eigenvalue weighted by molar-refractivity contribution is -0.137. The highest BCUT2D eigenvalue weighted by Gasteiger charge is 2.31. The van der Waals surface area contributed by atoms with Crippen molar-refractivity contribution in [1.82, 2.24) is 19.9 Å². The number of benzene rings is 1. The Morgan fingerprint density at radius 2 is 1.84 bits per heavy atom. The first-order valence-electron chi connectivity index (χ1n) is 10.5. The zero-order valence-electron chi connectivity index (χ0n) is 17.6. The Morgan fingerprint density at radius 3 is 2.41 bits per heavy atom. The summed E-state index contributed by atoms with van der Waals surface area (Å²) < 4.78 is 40.0. The first kappa shape index (κ1) is 21.9. The summed E-state index contributed by atoms with van der Waals surface area (Å²) >= 11 is 0. The predicted molar refractivity (Wildman–Crippen MR) is 114 cm³/mol. The molecule has 1 fully saturated rings. The van der Waals surface area contributed by atoms with E-state index in [1.54, 1.807) is 12.5 Å². The third-order valence-corrected chi connectivity index (χ3v) is 5.82. The smallest absolute Gasteiger partial charge is 0.357 e. The minimum Gasteiger partial charge on any atom is -0.357 e. The third kappa shape index (κ3) is 4.92. The van der Waals surface area contributed by atoms with Crippen molar-refractivity contribution in [1.29, 1.82) is 0 Å². The molecule has 1 atom stereocenters. The van der Waals surface area contributed by atoms with Crippen LogP contribution in [-0.2, 0) is 11.0 Å². The van der Waals surface area contributed by atoms with Gasteiger partial charge in [-0.2, -0.15) is 13.2 Å². The van der Waals surface area contributed by atoms with Gasteiger partial charge in [0, 0.05) is 43.3 Å². The molecule has 0 bridgehead atoms. The Kier molecular flexibility index (Phi) is 6.16. The van der Waals surface area contributed by atoms with Gasteiger partial charge < -0.3 is 14.8 Å². The van der Waals surface area contributed by atoms with E-state index in [9.17, 15) is 18.0 Å². The topological polar surface area (TPSA) is 63.1 Å². The number of halogens is 3. The maximum atomic E-state index is 12.8. The second kappa shape index (κ2) is 9.02. The van der Waals surface area contributed by atoms with Crippen molar-refractivity contribution in [3.8, 4) is 5.69 Å². The molecule has 0 saturated carbocycles. The van der Waals surface area contributed by atoms with Crippen molar-refractivity contribution in [3.63, 3.8) is 0 Å². The van der Waals surface area contributed by atoms with Crippen molar-refractivity contribution in [2.75, 3.05) is 18.0 Å². The molecule has 1 N–H and O–H groups in total. The molecule has 0 unspecified atom stereocenters. The largest absolute Gasteiger partial charge is 0.417 e. The Bertz CT molecular complexity index is 1020. The normalized spacial score (nSPS) is 16.1. The number of nitrogens with zero attached hydrogens (tertiary/aromatic N) is 4. The molecular formula is C23H24F3N5O. The molecule has 0 aliphatic carbocycles. The van der Waals surface area contributed by atoms with E-state index < -0.39 is 11.7 Å². The Balaban J connectivity index is 1.29. The summed E-state index contributed by atoms with van der Waals surface area (Å²) in [5.74, 6) is 0.368. The molecule has 9 heteroatoms. The summed E-state index contributed by atoms with van der Waals surface area (Å²) in [7, 11) is 0. The number of imidazole rings is 1. The summed E-state index contributed by atoms with van der Waals surface area (Å²) in [5.41, 5.74) is 1.24. The molecule has 1 saturated heterocycles. The molecule has 3 heterocycles. The number of alkyl halides is 3. The van der Waals surface area contributed by atoms with Gasteiger partial charge in [0.1, 0.15) is 5.82 Å². The number of amides is 1. The number of hydrogen-bond acceptors (Lipinski definition) is 4. The highest BCUT2D eigenvalue weighted by Crippen LogP contribution is 2.30. The number of hydrogen-bond donors (Lipinski definition) is 1. The van der Waals surface area contributed by atoms with Crippen molar-refractivity contribution in [2.24, 2.45) is 5.92 Å². The van der Waals surface area contributed by atoms with Gasteiger partial charge in [0.25, 0.3) is 0 Å². The van der Waals surface area contributed by atoms with Crippen molar-refractivity contribution in [3.05, 3.63) is 72.4 Å². The van der Waals surface area contributed by atoms with Gasteiger partial charge in [-0.3, -0.25) is 4.79 Å². The Morgan fingerprint density at radius 1 is 1.12 bits per heavy atom. The van der Waals surface area contributed by atoms with Gasteiger partial charge in [-0.1, -0.05) is 12.1 Å². The SMILES string of the molecule is C[C@H](NC(=O)C1CCN(c2ccc(C(F)(F)F)cn2)CC1)c1ccc(-n2ccnc2)cc1. The van der Waals surface area contributed by atoms with Gasteiger partial charge in [-0.05, 0) is 49.6 Å². The van der Waals surface area contributed by atoms with E-state index in [2.05, 4.69) is 15.3 Å². The van der Waals surface area contributed by atoms with E-state index in [0.717, 1.165) is 23.5 Å². The first-order chi connectivity index (χ1) is 15.3. The van der Waals surface area contributed by atoms with Crippen LogP contribution in [0.1, 0.15) is 36.9 Å². The third-order valence-electron chi connectivity index (χ3n) is 5.82. The monoisotopic (exact) mass is 443 g/mol. The number of rotatable bonds is 5. The molecule has 32 heavy (non-hydrogen) atoms. The van der Waals surface area contributed by atoms with Crippen LogP contribution in [-0.4, -0.2) is 33.5 Å². The van der Waals surface area contributed by atoms with E-state index in [-0.39, 0.29) is 17.9 Å². The quantitative estimate of drug-likeness (QED) is 0.636. The molecule has 168 valence electrons. The molecule has 3 aromatic rings. The second-order valence-corrected chi connectivity index (χ2v) is 7.96. The Labute approximate surface area is 184 Å². The molecule has 0 radical (unpaired) electrons. The maximum Gasteiger partial charge on any atom is 0.417 e. The molecule has 2 aromatic heterocycles. The molecule has 4 rings (SSSR count). The van der Waals surface area contributed by atoms with Gasteiger partial charge in [0.05, 0.1) is 17.9 Å². The molecule has 6 nitrogen and oxygen atoms in total. The van der Waals surface area contributed by atoms with E-state index in [4.69, 9.17) is 0 Å². The fourth-order valence-corrected chi connectivity index (χ4v) is 3.87. The zero-order valence-corrected chi connectivity index (χ0v) is 17.6. The van der Waals surface area contributed by atoms with Gasteiger partial charge in [-0.15, -0.1) is 0 Å². The van der Waals surface area contributed by atoms with Crippen LogP contribution in [0.2, 0.25) is 0 Å². The van der Waals surface area contributed by atoms with Gasteiger partial charge >= 0.3 is 6.18 Å². The van der Waals surface area contributed by atoms with Crippen molar-refractivity contribution in [2.45, 2.75) is 32.0 Å². The number of carbonyl (C=O) groups excluding carboxylic acids is 1. The summed E-state index contributed by atoms with van der Waals surface area (Å²) in [5, 5.41) is 3.08. The van der Waals surface area contributed by atoms with Crippen LogP contribution >= 0.6 is 0 Å². The molecule has 1 aromatic carbocycles. The molecule has 1 amide bonds. The van der Waals surface area contributed by atoms with Crippen LogP contribution in [0.15, 0.2) is 61.3 Å². The first-order valence-corrected chi connectivity index (χ1v) is 10.5. The number of aromatic nitrogens is 3. The minimum absolute atomic E-state index is 0.00350. The standard InChI is InChI=1S/C23H24F3N5O/c1-16(17-2-5-20(6-3-17)31-13-10-27-15-31)29-22(32)18-8-11-30(12-9-18)21-7-4-19(14-28-21)23(24,25)26/h2-7,10,13-16,18H,8-9,11-12H2,1H3,(H,29,32)/t16-/m0/s1. The van der Waals surface area contributed by atoms with Crippen molar-refractivity contribution >= 4 is 11.7 Å². The van der Waals surface area contributed by atoms with Crippen LogP contribution in [0.25, 0.3) is 5.69 Å². The highest BCUT2D eigenvalue weighted by molar-refractivity contribution is 5.79. The average Bonchev–Trinajstić information content (AvgIpc) is 3.34. The molecular weight excluding hydrogens is 419 g/mol. The summed E-state index contributed by atoms with van der Waals surface area (Å²) in [4.78, 5) is 22.7. The number of anilines is 1. The van der Waals surface area contributed by atoms with Gasteiger partial charge in [0.15, 0.2) is 0 Å². The lowest BCUT2D eigenvalue weighted by atomic mass is 9.95.